The van der Waals surface area contributed by atoms with Gasteiger partial charge < -0.3 is 16.6 Å². The second-order valence-electron chi connectivity index (χ2n) is 5.18. The number of aromatic hydroxyl groups is 1. The molecule has 1 aromatic heterocycles. The number of benzene rings is 2. The molecule has 3 rings (SSSR count). The van der Waals surface area contributed by atoms with Crippen LogP contribution in [0.3, 0.4) is 0 Å². The van der Waals surface area contributed by atoms with Crippen LogP contribution >= 0.6 is 11.6 Å². The Balaban J connectivity index is 0.00000196. The first kappa shape index (κ1) is 21.2. The monoisotopic (exact) mass is 420 g/mol. The van der Waals surface area contributed by atoms with Crippen molar-refractivity contribution >= 4 is 38.5 Å². The number of aromatic carboxylic acids is 1. The third kappa shape index (κ3) is 3.66. The topological polar surface area (TPSA) is 147 Å². The van der Waals surface area contributed by atoms with Gasteiger partial charge in [0.1, 0.15) is 11.3 Å². The van der Waals surface area contributed by atoms with Crippen LogP contribution in [0.5, 0.6) is 5.75 Å². The van der Waals surface area contributed by atoms with Gasteiger partial charge in [0.25, 0.3) is 15.6 Å². The van der Waals surface area contributed by atoms with E-state index >= 15 is 0 Å². The van der Waals surface area contributed by atoms with Crippen molar-refractivity contribution in [2.24, 2.45) is 0 Å². The predicted octanol–water partition coefficient (Wildman–Crippen LogP) is -1.90. The number of carboxylic acids is 1. The van der Waals surface area contributed by atoms with E-state index in [1.165, 1.54) is 18.2 Å². The maximum Gasteiger partial charge on any atom is 1.00 e. The average molecular weight is 421 g/mol. The molecular weight excluding hydrogens is 411 g/mol. The van der Waals surface area contributed by atoms with Gasteiger partial charge in [-0.1, -0.05) is 11.6 Å². The number of aromatic nitrogens is 2. The molecule has 0 saturated carbocycles. The van der Waals surface area contributed by atoms with Crippen LogP contribution in [0.4, 0.5) is 0 Å². The van der Waals surface area contributed by atoms with E-state index in [0.29, 0.717) is 6.07 Å². The summed E-state index contributed by atoms with van der Waals surface area (Å²) >= 11 is 5.78. The summed E-state index contributed by atoms with van der Waals surface area (Å²) in [6, 6.07) is 6.28. The van der Waals surface area contributed by atoms with Gasteiger partial charge in [-0.2, -0.15) is 0 Å². The summed E-state index contributed by atoms with van der Waals surface area (Å²) in [7, 11) is -4.69. The number of hydrogen-bond donors (Lipinski definition) is 3. The van der Waals surface area contributed by atoms with E-state index in [-0.39, 0.29) is 50.9 Å². The molecule has 0 radical (unpaired) electrons. The van der Waals surface area contributed by atoms with E-state index in [2.05, 4.69) is 4.98 Å². The Hall–Kier alpha value is -2.11. The smallest absolute Gasteiger partial charge is 1.00 e. The van der Waals surface area contributed by atoms with Crippen molar-refractivity contribution < 1.29 is 54.4 Å². The maximum atomic E-state index is 12.7. The van der Waals surface area contributed by atoms with Crippen LogP contribution in [0.25, 0.3) is 10.9 Å². The summed E-state index contributed by atoms with van der Waals surface area (Å²) in [6.07, 6.45) is 0. The molecule has 27 heavy (non-hydrogen) atoms. The summed E-state index contributed by atoms with van der Waals surface area (Å²) in [5.74, 6) is -2.29. The minimum absolute atomic E-state index is 0. The van der Waals surface area contributed by atoms with Gasteiger partial charge in [0.2, 0.25) is 0 Å². The molecule has 0 aliphatic heterocycles. The Morgan fingerprint density at radius 3 is 2.41 bits per heavy atom. The largest absolute Gasteiger partial charge is 1.00 e. The van der Waals surface area contributed by atoms with Crippen molar-refractivity contribution in [3.8, 4) is 5.75 Å². The Morgan fingerprint density at radius 1 is 1.15 bits per heavy atom. The molecule has 0 bridgehead atoms. The van der Waals surface area contributed by atoms with Crippen LogP contribution in [0, 0.1) is 0 Å². The van der Waals surface area contributed by atoms with Crippen LogP contribution in [0.1, 0.15) is 11.8 Å². The van der Waals surface area contributed by atoms with Crippen LogP contribution in [0.15, 0.2) is 50.9 Å². The molecule has 0 aliphatic carbocycles. The van der Waals surface area contributed by atoms with Crippen molar-refractivity contribution in [1.29, 1.82) is 0 Å². The first-order chi connectivity index (χ1) is 12.1. The number of carboxylic acid groups (broad SMARTS) is 1. The van der Waals surface area contributed by atoms with Crippen LogP contribution in [-0.2, 0) is 10.0 Å². The summed E-state index contributed by atoms with van der Waals surface area (Å²) in [5.41, 5.74) is -2.81. The summed E-state index contributed by atoms with van der Waals surface area (Å²) in [6.45, 7) is 0. The molecule has 1 heterocycles. The molecule has 0 unspecified atom stereocenters. The molecule has 9 nitrogen and oxygen atoms in total. The number of carbonyl (C=O) groups is 1. The minimum Gasteiger partial charge on any atom is -1.00 e. The standard InChI is InChI=1S/C15H9ClN2O7S.Na.H/c16-7-1-3-9-11(5-7)17-15(23)18(13(9)20)26(24,25)8-2-4-10(14(21)22)12(19)6-8;;/h1-6,19H,(H,17,23)(H,21,22);;/q;+1;-1. The maximum absolute atomic E-state index is 12.7. The van der Waals surface area contributed by atoms with E-state index in [4.69, 9.17) is 16.7 Å². The fourth-order valence-electron chi connectivity index (χ4n) is 2.35. The number of H-pyrrole nitrogens is 1. The van der Waals surface area contributed by atoms with Gasteiger partial charge in [0, 0.05) is 11.1 Å². The second kappa shape index (κ2) is 7.49. The Labute approximate surface area is 179 Å². The average Bonchev–Trinajstić information content (AvgIpc) is 2.53. The normalized spacial score (nSPS) is 11.1. The summed E-state index contributed by atoms with van der Waals surface area (Å²) in [4.78, 5) is 37.2. The van der Waals surface area contributed by atoms with E-state index in [1.807, 2.05) is 0 Å². The minimum atomic E-state index is -4.69. The zero-order valence-electron chi connectivity index (χ0n) is 14.6. The van der Waals surface area contributed by atoms with Crippen LogP contribution in [-0.4, -0.2) is 33.6 Å². The number of hydrogen-bond acceptors (Lipinski definition) is 6. The molecule has 3 aromatic rings. The zero-order valence-corrected chi connectivity index (χ0v) is 17.2. The number of aromatic amines is 1. The molecule has 0 aliphatic rings. The number of nitrogens with zero attached hydrogens (tertiary/aromatic N) is 1. The van der Waals surface area contributed by atoms with Gasteiger partial charge in [-0.15, -0.1) is 3.97 Å². The molecule has 0 amide bonds. The first-order valence-corrected chi connectivity index (χ1v) is 8.71. The quantitative estimate of drug-likeness (QED) is 0.419. The predicted molar refractivity (Wildman–Crippen MR) is 92.6 cm³/mol. The van der Waals surface area contributed by atoms with Crippen molar-refractivity contribution in [3.05, 3.63) is 67.8 Å². The first-order valence-electron chi connectivity index (χ1n) is 6.89. The molecular formula is C15H10ClN2NaO7S. The van der Waals surface area contributed by atoms with Gasteiger partial charge in [-0.3, -0.25) is 4.79 Å². The van der Waals surface area contributed by atoms with Gasteiger partial charge in [0.05, 0.1) is 15.8 Å². The number of fused-ring (bicyclic) bond motifs is 1. The Morgan fingerprint density at radius 2 is 1.81 bits per heavy atom. The number of phenols is 1. The third-order valence-corrected chi connectivity index (χ3v) is 5.46. The molecule has 0 spiro atoms. The van der Waals surface area contributed by atoms with Crippen LogP contribution in [0.2, 0.25) is 5.02 Å². The third-order valence-electron chi connectivity index (χ3n) is 3.56. The van der Waals surface area contributed by atoms with E-state index < -0.39 is 43.5 Å². The van der Waals surface area contributed by atoms with Gasteiger partial charge in [0.15, 0.2) is 0 Å². The Bertz CT molecular complexity index is 1300. The summed E-state index contributed by atoms with van der Waals surface area (Å²) in [5, 5.41) is 18.7. The fourth-order valence-corrected chi connectivity index (χ4v) is 3.81. The number of rotatable bonds is 3. The van der Waals surface area contributed by atoms with Crippen molar-refractivity contribution in [2.45, 2.75) is 4.90 Å². The molecule has 0 atom stereocenters. The molecule has 12 heteroatoms. The summed E-state index contributed by atoms with van der Waals surface area (Å²) < 4.78 is 25.4. The van der Waals surface area contributed by atoms with Gasteiger partial charge in [-0.25, -0.2) is 18.0 Å². The van der Waals surface area contributed by atoms with Crippen molar-refractivity contribution in [2.75, 3.05) is 0 Å². The van der Waals surface area contributed by atoms with Gasteiger partial charge in [-0.05, 0) is 30.3 Å². The van der Waals surface area contributed by atoms with Crippen molar-refractivity contribution in [3.63, 3.8) is 0 Å². The van der Waals surface area contributed by atoms with Crippen LogP contribution < -0.4 is 40.8 Å². The van der Waals surface area contributed by atoms with E-state index in [0.717, 1.165) is 12.1 Å². The molecule has 3 N–H and O–H groups in total. The molecule has 136 valence electrons. The van der Waals surface area contributed by atoms with Crippen molar-refractivity contribution in [1.82, 2.24) is 8.96 Å². The van der Waals surface area contributed by atoms with E-state index in [1.54, 1.807) is 0 Å². The second-order valence-corrected chi connectivity index (χ2v) is 7.40. The van der Waals surface area contributed by atoms with Gasteiger partial charge >= 0.3 is 41.2 Å². The number of halogens is 1. The Kier molecular flexibility index (Phi) is 5.88. The molecule has 2 aromatic carbocycles. The SMILES string of the molecule is O=C(O)c1ccc(S(=O)(=O)n2c(=O)[nH]c3cc(Cl)ccc3c2=O)cc1O.[H-].[Na+]. The molecule has 0 saturated heterocycles. The fraction of sp³-hybridized carbons (Fsp3) is 0. The van der Waals surface area contributed by atoms with E-state index in [9.17, 15) is 27.9 Å². The number of nitrogens with one attached hydrogen (secondary N) is 1. The zero-order chi connectivity index (χ0) is 19.2. The molecule has 0 fully saturated rings.